The molecular formula is C27H28FN5O6S. The Labute approximate surface area is 230 Å². The first-order valence-electron chi connectivity index (χ1n) is 12.9. The van der Waals surface area contributed by atoms with E-state index >= 15 is 0 Å². The van der Waals surface area contributed by atoms with E-state index in [4.69, 9.17) is 9.47 Å². The van der Waals surface area contributed by atoms with Crippen LogP contribution in [0.25, 0.3) is 10.9 Å². The summed E-state index contributed by atoms with van der Waals surface area (Å²) in [4.78, 5) is 29.6. The zero-order chi connectivity index (χ0) is 28.7. The number of carbonyl (C=O) groups excluding carboxylic acids is 1. The molecule has 210 valence electrons. The van der Waals surface area contributed by atoms with E-state index in [0.717, 1.165) is 16.4 Å². The van der Waals surface area contributed by atoms with E-state index in [-0.39, 0.29) is 46.3 Å². The van der Waals surface area contributed by atoms with Crippen molar-refractivity contribution in [3.63, 3.8) is 0 Å². The van der Waals surface area contributed by atoms with E-state index in [1.807, 2.05) is 0 Å². The Kier molecular flexibility index (Phi) is 7.34. The molecule has 13 heteroatoms. The fourth-order valence-electron chi connectivity index (χ4n) is 5.13. The highest BCUT2D eigenvalue weighted by molar-refractivity contribution is 7.90. The molecule has 0 radical (unpaired) electrons. The van der Waals surface area contributed by atoms with Crippen LogP contribution >= 0.6 is 0 Å². The van der Waals surface area contributed by atoms with Crippen LogP contribution in [0.1, 0.15) is 50.6 Å². The number of nitrogens with zero attached hydrogens (tertiary/aromatic N) is 4. The van der Waals surface area contributed by atoms with Crippen LogP contribution in [0.15, 0.2) is 41.5 Å². The van der Waals surface area contributed by atoms with E-state index in [0.29, 0.717) is 44.2 Å². The number of nitrogens with one attached hydrogen (secondary N) is 1. The second kappa shape index (κ2) is 10.6. The molecule has 1 saturated heterocycles. The first-order chi connectivity index (χ1) is 19.1. The molecule has 2 fully saturated rings. The van der Waals surface area contributed by atoms with Crippen LogP contribution in [0.3, 0.4) is 0 Å². The van der Waals surface area contributed by atoms with Gasteiger partial charge in [-0.3, -0.25) is 18.9 Å². The maximum atomic E-state index is 14.8. The highest BCUT2D eigenvalue weighted by Gasteiger charge is 2.43. The molecule has 0 amide bonds. The quantitative estimate of drug-likeness (QED) is 0.454. The molecule has 1 aromatic heterocycles. The summed E-state index contributed by atoms with van der Waals surface area (Å²) in [6.45, 7) is 2.14. The molecule has 5 rings (SSSR count). The van der Waals surface area contributed by atoms with Crippen molar-refractivity contribution in [3.8, 4) is 17.6 Å². The van der Waals surface area contributed by atoms with Crippen molar-refractivity contribution >= 4 is 32.6 Å². The molecule has 11 nitrogen and oxygen atoms in total. The lowest BCUT2D eigenvalue weighted by atomic mass is 9.81. The number of Topliss-reactive ketones (excluding diaryl/α,β-unsaturated/α-hetero) is 1. The number of rotatable bonds is 7. The summed E-state index contributed by atoms with van der Waals surface area (Å²) in [5, 5.41) is 9.97. The molecular weight excluding hydrogens is 541 g/mol. The first kappa shape index (κ1) is 27.7. The predicted molar refractivity (Wildman–Crippen MR) is 144 cm³/mol. The zero-order valence-electron chi connectivity index (χ0n) is 22.0. The van der Waals surface area contributed by atoms with Gasteiger partial charge >= 0.3 is 10.2 Å². The van der Waals surface area contributed by atoms with Gasteiger partial charge in [-0.15, -0.1) is 0 Å². The molecule has 1 aliphatic heterocycles. The van der Waals surface area contributed by atoms with Crippen molar-refractivity contribution in [1.82, 2.24) is 13.9 Å². The largest absolute Gasteiger partial charge is 0.453 e. The zero-order valence-corrected chi connectivity index (χ0v) is 22.8. The Balaban J connectivity index is 1.45. The van der Waals surface area contributed by atoms with Crippen molar-refractivity contribution in [2.45, 2.75) is 50.7 Å². The number of aromatic nitrogens is 2. The van der Waals surface area contributed by atoms with Crippen LogP contribution in [0.2, 0.25) is 0 Å². The number of hydrogen-bond donors (Lipinski definition) is 1. The summed E-state index contributed by atoms with van der Waals surface area (Å²) in [6, 6.07) is 8.12. The van der Waals surface area contributed by atoms with E-state index in [1.54, 1.807) is 19.1 Å². The lowest BCUT2D eigenvalue weighted by Gasteiger charge is -2.31. The maximum absolute atomic E-state index is 14.8. The molecule has 2 heterocycles. The molecule has 1 spiro atoms. The topological polar surface area (TPSA) is 144 Å². The number of fused-ring (bicyclic) bond motifs is 1. The summed E-state index contributed by atoms with van der Waals surface area (Å²) in [5.41, 5.74) is -0.852. The predicted octanol–water partition coefficient (Wildman–Crippen LogP) is 3.65. The smallest absolute Gasteiger partial charge is 0.301 e. The normalized spacial score (nSPS) is 18.8. The van der Waals surface area contributed by atoms with Crippen LogP contribution in [0.5, 0.6) is 11.5 Å². The van der Waals surface area contributed by atoms with Crippen molar-refractivity contribution in [2.24, 2.45) is 0 Å². The van der Waals surface area contributed by atoms with Crippen molar-refractivity contribution < 1.29 is 27.1 Å². The SMILES string of the molecule is CCN(C)S(=O)(=O)Nc1ccc(F)c(Oc2ccc3ncn([C@H]4COC5(CCC(=O)CC5)C4)c(=O)c3c2)c1C#N. The highest BCUT2D eigenvalue weighted by Crippen LogP contribution is 2.42. The van der Waals surface area contributed by atoms with Gasteiger partial charge in [0.05, 0.1) is 41.2 Å². The fourth-order valence-corrected chi connectivity index (χ4v) is 6.07. The molecule has 1 aliphatic carbocycles. The van der Waals surface area contributed by atoms with Gasteiger partial charge in [0.15, 0.2) is 11.6 Å². The lowest BCUT2D eigenvalue weighted by Crippen LogP contribution is -2.34. The molecule has 2 aromatic carbocycles. The summed E-state index contributed by atoms with van der Waals surface area (Å²) >= 11 is 0. The van der Waals surface area contributed by atoms with Crippen LogP contribution in [0, 0.1) is 17.1 Å². The number of halogens is 1. The number of hydrogen-bond acceptors (Lipinski definition) is 8. The Morgan fingerprint density at radius 2 is 2.02 bits per heavy atom. The second-order valence-electron chi connectivity index (χ2n) is 10.1. The molecule has 1 saturated carbocycles. The number of carbonyl (C=O) groups is 1. The summed E-state index contributed by atoms with van der Waals surface area (Å²) in [5.74, 6) is -1.08. The van der Waals surface area contributed by atoms with Gasteiger partial charge in [0.1, 0.15) is 23.2 Å². The van der Waals surface area contributed by atoms with Crippen molar-refractivity contribution in [1.29, 1.82) is 5.26 Å². The molecule has 40 heavy (non-hydrogen) atoms. The molecule has 0 bridgehead atoms. The average Bonchev–Trinajstić information content (AvgIpc) is 3.35. The van der Waals surface area contributed by atoms with Gasteiger partial charge in [-0.2, -0.15) is 18.0 Å². The van der Waals surface area contributed by atoms with Crippen molar-refractivity contribution in [3.05, 3.63) is 58.4 Å². The van der Waals surface area contributed by atoms with Gasteiger partial charge in [-0.05, 0) is 49.6 Å². The van der Waals surface area contributed by atoms with Gasteiger partial charge in [0, 0.05) is 26.4 Å². The monoisotopic (exact) mass is 569 g/mol. The van der Waals surface area contributed by atoms with Gasteiger partial charge in [0.2, 0.25) is 0 Å². The molecule has 3 aromatic rings. The third-order valence-electron chi connectivity index (χ3n) is 7.59. The Bertz CT molecular complexity index is 1690. The Hall–Kier alpha value is -3.86. The summed E-state index contributed by atoms with van der Waals surface area (Å²) in [6.07, 6.45) is 4.27. The Morgan fingerprint density at radius 3 is 2.73 bits per heavy atom. The van der Waals surface area contributed by atoms with Gasteiger partial charge in [-0.1, -0.05) is 6.92 Å². The minimum Gasteiger partial charge on any atom is -0.453 e. The van der Waals surface area contributed by atoms with Crippen LogP contribution < -0.4 is 15.0 Å². The van der Waals surface area contributed by atoms with E-state index in [9.17, 15) is 27.7 Å². The Morgan fingerprint density at radius 1 is 1.27 bits per heavy atom. The minimum absolute atomic E-state index is 0.0650. The first-order valence-corrected chi connectivity index (χ1v) is 14.3. The van der Waals surface area contributed by atoms with Crippen LogP contribution in [-0.4, -0.2) is 53.9 Å². The molecule has 0 unspecified atom stereocenters. The van der Waals surface area contributed by atoms with Gasteiger partial charge < -0.3 is 9.47 Å². The van der Waals surface area contributed by atoms with E-state index in [1.165, 1.54) is 30.1 Å². The summed E-state index contributed by atoms with van der Waals surface area (Å²) in [7, 11) is -2.62. The van der Waals surface area contributed by atoms with E-state index in [2.05, 4.69) is 9.71 Å². The number of ether oxygens (including phenoxy) is 2. The number of nitriles is 1. The lowest BCUT2D eigenvalue weighted by molar-refractivity contribution is -0.126. The molecule has 1 atom stereocenters. The standard InChI is InChI=1S/C27H28FN5O6S/c1-3-32(2)40(36,37)31-24-7-5-22(28)25(21(24)14-29)39-19-4-6-23-20(12-19)26(35)33(16-30-23)17-13-27(38-15-17)10-8-18(34)9-11-27/h4-7,12,16-17,31H,3,8-11,13,15H2,1-2H3/t17-/m1/s1. The third-order valence-corrected chi connectivity index (χ3v) is 9.15. The molecule has 1 N–H and O–H groups in total. The summed E-state index contributed by atoms with van der Waals surface area (Å²) < 4.78 is 56.5. The fraction of sp³-hybridized carbons (Fsp3) is 0.407. The van der Waals surface area contributed by atoms with Crippen molar-refractivity contribution in [2.75, 3.05) is 24.9 Å². The average molecular weight is 570 g/mol. The molecule has 2 aliphatic rings. The van der Waals surface area contributed by atoms with Gasteiger partial charge in [0.25, 0.3) is 5.56 Å². The van der Waals surface area contributed by atoms with E-state index < -0.39 is 27.4 Å². The third kappa shape index (κ3) is 5.17. The number of anilines is 1. The maximum Gasteiger partial charge on any atom is 0.301 e. The highest BCUT2D eigenvalue weighted by atomic mass is 32.2. The van der Waals surface area contributed by atoms with Gasteiger partial charge in [-0.25, -0.2) is 9.37 Å². The van der Waals surface area contributed by atoms with Crippen LogP contribution in [0.4, 0.5) is 10.1 Å². The minimum atomic E-state index is -3.98. The second-order valence-corrected chi connectivity index (χ2v) is 11.8. The van der Waals surface area contributed by atoms with Crippen LogP contribution in [-0.2, 0) is 19.7 Å². The number of ketones is 1. The number of benzene rings is 2.